The van der Waals surface area contributed by atoms with Crippen molar-refractivity contribution in [3.63, 3.8) is 0 Å². The number of para-hydroxylation sites is 2. The molecule has 0 aliphatic heterocycles. The summed E-state index contributed by atoms with van der Waals surface area (Å²) in [6, 6.07) is 10.9. The molecule has 0 fully saturated rings. The van der Waals surface area contributed by atoms with Gasteiger partial charge >= 0.3 is 10.2 Å². The molecule has 1 aromatic heterocycles. The summed E-state index contributed by atoms with van der Waals surface area (Å²) in [5.41, 5.74) is 1.18. The normalized spacial score (nSPS) is 11.6. The van der Waals surface area contributed by atoms with Crippen molar-refractivity contribution in [3.8, 4) is 5.75 Å². The van der Waals surface area contributed by atoms with Crippen LogP contribution in [0.15, 0.2) is 42.6 Å². The predicted molar refractivity (Wildman–Crippen MR) is 96.0 cm³/mol. The number of anilines is 3. The maximum absolute atomic E-state index is 11.8. The summed E-state index contributed by atoms with van der Waals surface area (Å²) in [5.74, 6) is 1.31. The Kier molecular flexibility index (Phi) is 5.63. The van der Waals surface area contributed by atoms with Gasteiger partial charge in [0.05, 0.1) is 23.7 Å². The second-order valence-corrected chi connectivity index (χ2v) is 7.49. The number of benzene rings is 1. The van der Waals surface area contributed by atoms with Gasteiger partial charge in [-0.05, 0) is 38.1 Å². The van der Waals surface area contributed by atoms with Gasteiger partial charge in [0.15, 0.2) is 0 Å². The monoisotopic (exact) mass is 350 g/mol. The molecule has 24 heavy (non-hydrogen) atoms. The average molecular weight is 350 g/mol. The summed E-state index contributed by atoms with van der Waals surface area (Å²) < 4.78 is 32.8. The van der Waals surface area contributed by atoms with Gasteiger partial charge in [-0.15, -0.1) is 0 Å². The molecule has 7 nitrogen and oxygen atoms in total. The van der Waals surface area contributed by atoms with E-state index < -0.39 is 10.2 Å². The van der Waals surface area contributed by atoms with Crippen LogP contribution in [0.2, 0.25) is 0 Å². The lowest BCUT2D eigenvalue weighted by Crippen LogP contribution is -2.28. The number of pyridine rings is 1. The van der Waals surface area contributed by atoms with E-state index in [1.165, 1.54) is 20.3 Å². The van der Waals surface area contributed by atoms with Crippen molar-refractivity contribution >= 4 is 27.4 Å². The molecular formula is C16H22N4O3S. The standard InChI is InChI=1S/C16H22N4O3S/c1-12(2)23-15-8-6-5-7-14(15)18-16-10-9-13(11-17-16)19-24(21,22)20(3)4/h5-12,19H,1-4H3,(H,17,18). The smallest absolute Gasteiger partial charge is 0.301 e. The van der Waals surface area contributed by atoms with E-state index in [2.05, 4.69) is 15.0 Å². The Balaban J connectivity index is 2.13. The van der Waals surface area contributed by atoms with Crippen molar-refractivity contribution in [1.82, 2.24) is 9.29 Å². The highest BCUT2D eigenvalue weighted by Gasteiger charge is 2.13. The first-order chi connectivity index (χ1) is 11.3. The maximum atomic E-state index is 11.8. The fourth-order valence-electron chi connectivity index (χ4n) is 1.83. The zero-order valence-electron chi connectivity index (χ0n) is 14.1. The van der Waals surface area contributed by atoms with Crippen LogP contribution >= 0.6 is 0 Å². The number of ether oxygens (including phenoxy) is 1. The van der Waals surface area contributed by atoms with E-state index in [0.29, 0.717) is 11.5 Å². The zero-order chi connectivity index (χ0) is 17.7. The molecule has 0 atom stereocenters. The molecule has 1 aromatic carbocycles. The first-order valence-electron chi connectivity index (χ1n) is 7.47. The zero-order valence-corrected chi connectivity index (χ0v) is 15.0. The van der Waals surface area contributed by atoms with E-state index >= 15 is 0 Å². The Morgan fingerprint density at radius 1 is 1.12 bits per heavy atom. The third-order valence-corrected chi connectivity index (χ3v) is 4.46. The van der Waals surface area contributed by atoms with Gasteiger partial charge in [-0.3, -0.25) is 4.72 Å². The Morgan fingerprint density at radius 3 is 2.42 bits per heavy atom. The first-order valence-corrected chi connectivity index (χ1v) is 8.91. The SMILES string of the molecule is CC(C)Oc1ccccc1Nc1ccc(NS(=O)(=O)N(C)C)cn1. The largest absolute Gasteiger partial charge is 0.489 e. The average Bonchev–Trinajstić information content (AvgIpc) is 2.50. The lowest BCUT2D eigenvalue weighted by molar-refractivity contribution is 0.244. The van der Waals surface area contributed by atoms with Gasteiger partial charge in [-0.2, -0.15) is 12.7 Å². The molecule has 0 amide bonds. The second-order valence-electron chi connectivity index (χ2n) is 5.61. The Hall–Kier alpha value is -2.32. The van der Waals surface area contributed by atoms with Gasteiger partial charge in [0.25, 0.3) is 0 Å². The van der Waals surface area contributed by atoms with Crippen molar-refractivity contribution in [2.75, 3.05) is 24.1 Å². The molecule has 0 spiro atoms. The third-order valence-electron chi connectivity index (χ3n) is 3.00. The summed E-state index contributed by atoms with van der Waals surface area (Å²) in [5, 5.41) is 3.17. The molecule has 0 aliphatic carbocycles. The molecule has 0 saturated carbocycles. The van der Waals surface area contributed by atoms with Crippen LogP contribution < -0.4 is 14.8 Å². The molecule has 1 heterocycles. The van der Waals surface area contributed by atoms with Gasteiger partial charge in [-0.1, -0.05) is 12.1 Å². The van der Waals surface area contributed by atoms with Gasteiger partial charge < -0.3 is 10.1 Å². The minimum atomic E-state index is -3.54. The molecule has 8 heteroatoms. The predicted octanol–water partition coefficient (Wildman–Crippen LogP) is 2.83. The van der Waals surface area contributed by atoms with Crippen LogP contribution in [0.5, 0.6) is 5.75 Å². The van der Waals surface area contributed by atoms with Crippen LogP contribution in [0.4, 0.5) is 17.2 Å². The second kappa shape index (κ2) is 7.50. The van der Waals surface area contributed by atoms with Crippen molar-refractivity contribution in [2.45, 2.75) is 20.0 Å². The number of aromatic nitrogens is 1. The molecule has 130 valence electrons. The number of nitrogens with zero attached hydrogens (tertiary/aromatic N) is 2. The van der Waals surface area contributed by atoms with Crippen molar-refractivity contribution in [2.24, 2.45) is 0 Å². The summed E-state index contributed by atoms with van der Waals surface area (Å²) in [6.45, 7) is 3.92. The van der Waals surface area contributed by atoms with E-state index in [1.807, 2.05) is 38.1 Å². The molecule has 2 N–H and O–H groups in total. The van der Waals surface area contributed by atoms with E-state index in [-0.39, 0.29) is 6.10 Å². The highest BCUT2D eigenvalue weighted by molar-refractivity contribution is 7.90. The summed E-state index contributed by atoms with van der Waals surface area (Å²) in [6.07, 6.45) is 1.51. The number of hydrogen-bond acceptors (Lipinski definition) is 5. The molecule has 0 aliphatic rings. The van der Waals surface area contributed by atoms with Crippen LogP contribution in [0.25, 0.3) is 0 Å². The number of nitrogens with one attached hydrogen (secondary N) is 2. The number of hydrogen-bond donors (Lipinski definition) is 2. The minimum absolute atomic E-state index is 0.0590. The molecule has 0 bridgehead atoms. The van der Waals surface area contributed by atoms with E-state index in [9.17, 15) is 8.42 Å². The molecule has 2 aromatic rings. The molecule has 0 unspecified atom stereocenters. The van der Waals surface area contributed by atoms with Crippen LogP contribution in [0.1, 0.15) is 13.8 Å². The van der Waals surface area contributed by atoms with Crippen LogP contribution in [0, 0.1) is 0 Å². The first kappa shape index (κ1) is 18.0. The third kappa shape index (κ3) is 4.84. The highest BCUT2D eigenvalue weighted by atomic mass is 32.2. The quantitative estimate of drug-likeness (QED) is 0.802. The molecular weight excluding hydrogens is 328 g/mol. The van der Waals surface area contributed by atoms with Crippen LogP contribution in [0.3, 0.4) is 0 Å². The fourth-order valence-corrected chi connectivity index (χ4v) is 2.43. The molecule has 2 rings (SSSR count). The highest BCUT2D eigenvalue weighted by Crippen LogP contribution is 2.27. The van der Waals surface area contributed by atoms with Crippen molar-refractivity contribution < 1.29 is 13.2 Å². The Labute approximate surface area is 142 Å². The van der Waals surface area contributed by atoms with Crippen molar-refractivity contribution in [3.05, 3.63) is 42.6 Å². The molecule has 0 radical (unpaired) electrons. The van der Waals surface area contributed by atoms with Gasteiger partial charge in [-0.25, -0.2) is 4.98 Å². The topological polar surface area (TPSA) is 83.6 Å². The summed E-state index contributed by atoms with van der Waals surface area (Å²) in [4.78, 5) is 4.23. The van der Waals surface area contributed by atoms with Crippen LogP contribution in [-0.2, 0) is 10.2 Å². The van der Waals surface area contributed by atoms with E-state index in [0.717, 1.165) is 15.7 Å². The summed E-state index contributed by atoms with van der Waals surface area (Å²) in [7, 11) is -0.629. The van der Waals surface area contributed by atoms with E-state index in [1.54, 1.807) is 12.1 Å². The lowest BCUT2D eigenvalue weighted by atomic mass is 10.3. The number of rotatable bonds is 7. The fraction of sp³-hybridized carbons (Fsp3) is 0.312. The Morgan fingerprint density at radius 2 is 1.83 bits per heavy atom. The maximum Gasteiger partial charge on any atom is 0.301 e. The van der Waals surface area contributed by atoms with Gasteiger partial charge in [0.2, 0.25) is 0 Å². The molecule has 0 saturated heterocycles. The van der Waals surface area contributed by atoms with Crippen LogP contribution in [-0.4, -0.2) is 37.9 Å². The summed E-state index contributed by atoms with van der Waals surface area (Å²) >= 11 is 0. The van der Waals surface area contributed by atoms with Crippen molar-refractivity contribution in [1.29, 1.82) is 0 Å². The minimum Gasteiger partial charge on any atom is -0.489 e. The Bertz CT molecular complexity index is 774. The van der Waals surface area contributed by atoms with Gasteiger partial charge in [0.1, 0.15) is 11.6 Å². The van der Waals surface area contributed by atoms with E-state index in [4.69, 9.17) is 4.74 Å². The van der Waals surface area contributed by atoms with Gasteiger partial charge in [0, 0.05) is 14.1 Å². The lowest BCUT2D eigenvalue weighted by Gasteiger charge is -2.16.